The van der Waals surface area contributed by atoms with Crippen LogP contribution in [0.4, 0.5) is 5.82 Å². The molecule has 1 aromatic carbocycles. The Morgan fingerprint density at radius 2 is 2.00 bits per heavy atom. The third kappa shape index (κ3) is 3.67. The number of halogens is 1. The van der Waals surface area contributed by atoms with Crippen LogP contribution in [-0.4, -0.2) is 10.9 Å². The molecule has 1 heterocycles. The molecule has 0 radical (unpaired) electrons. The fourth-order valence-corrected chi connectivity index (χ4v) is 1.66. The lowest BCUT2D eigenvalue weighted by molar-refractivity contribution is 0.0951. The summed E-state index contributed by atoms with van der Waals surface area (Å²) in [5.41, 5.74) is 3.87. The zero-order valence-electron chi connectivity index (χ0n) is 10.1. The minimum absolute atomic E-state index is 0.186. The third-order valence-electron chi connectivity index (χ3n) is 2.54. The number of benzene rings is 1. The van der Waals surface area contributed by atoms with Gasteiger partial charge in [-0.1, -0.05) is 23.7 Å². The van der Waals surface area contributed by atoms with Gasteiger partial charge in [-0.05, 0) is 29.8 Å². The van der Waals surface area contributed by atoms with Crippen LogP contribution in [0.3, 0.4) is 0 Å². The molecule has 4 N–H and O–H groups in total. The topological polar surface area (TPSA) is 80.0 Å². The fourth-order valence-electron chi connectivity index (χ4n) is 1.54. The Hall–Kier alpha value is -2.11. The molecule has 2 rings (SSSR count). The van der Waals surface area contributed by atoms with Crippen molar-refractivity contribution in [3.63, 3.8) is 0 Å². The average Bonchev–Trinajstić information content (AvgIpc) is 2.46. The molecule has 0 saturated carbocycles. The molecule has 98 valence electrons. The van der Waals surface area contributed by atoms with Crippen molar-refractivity contribution in [2.24, 2.45) is 5.84 Å². The molecule has 2 aromatic rings. The lowest BCUT2D eigenvalue weighted by atomic mass is 10.2. The minimum Gasteiger partial charge on any atom is -0.348 e. The summed E-state index contributed by atoms with van der Waals surface area (Å²) in [6.45, 7) is 0.434. The number of nitrogens with one attached hydrogen (secondary N) is 2. The molecule has 0 saturated heterocycles. The van der Waals surface area contributed by atoms with Gasteiger partial charge in [-0.25, -0.2) is 10.8 Å². The molecule has 5 nitrogen and oxygen atoms in total. The number of carbonyl (C=O) groups excluding carboxylic acids is 1. The number of rotatable bonds is 4. The van der Waals surface area contributed by atoms with Crippen molar-refractivity contribution in [3.8, 4) is 0 Å². The first-order valence-electron chi connectivity index (χ1n) is 5.64. The molecular formula is C13H13ClN4O. The summed E-state index contributed by atoms with van der Waals surface area (Å²) in [5.74, 6) is 5.50. The highest BCUT2D eigenvalue weighted by molar-refractivity contribution is 6.30. The van der Waals surface area contributed by atoms with Gasteiger partial charge in [0.1, 0.15) is 5.82 Å². The number of aromatic nitrogens is 1. The van der Waals surface area contributed by atoms with Gasteiger partial charge in [0.25, 0.3) is 5.91 Å². The van der Waals surface area contributed by atoms with Gasteiger partial charge >= 0.3 is 0 Å². The van der Waals surface area contributed by atoms with Gasteiger partial charge in [0.05, 0.1) is 0 Å². The van der Waals surface area contributed by atoms with E-state index in [1.54, 1.807) is 24.3 Å². The number of pyridine rings is 1. The Balaban J connectivity index is 1.99. The maximum atomic E-state index is 11.9. The maximum Gasteiger partial charge on any atom is 0.251 e. The van der Waals surface area contributed by atoms with Crippen molar-refractivity contribution in [2.75, 3.05) is 5.43 Å². The lowest BCUT2D eigenvalue weighted by Crippen LogP contribution is -2.23. The zero-order valence-corrected chi connectivity index (χ0v) is 10.8. The molecule has 1 amide bonds. The smallest absolute Gasteiger partial charge is 0.251 e. The van der Waals surface area contributed by atoms with Gasteiger partial charge in [0.15, 0.2) is 0 Å². The first kappa shape index (κ1) is 13.3. The first-order chi connectivity index (χ1) is 9.19. The van der Waals surface area contributed by atoms with Gasteiger partial charge < -0.3 is 10.7 Å². The molecule has 0 spiro atoms. The van der Waals surface area contributed by atoms with Gasteiger partial charge in [-0.15, -0.1) is 0 Å². The molecule has 6 heteroatoms. The van der Waals surface area contributed by atoms with Crippen LogP contribution >= 0.6 is 11.6 Å². The van der Waals surface area contributed by atoms with Crippen LogP contribution < -0.4 is 16.6 Å². The molecule has 0 unspecified atom stereocenters. The van der Waals surface area contributed by atoms with Crippen molar-refractivity contribution >= 4 is 23.3 Å². The van der Waals surface area contributed by atoms with E-state index in [-0.39, 0.29) is 5.91 Å². The molecule has 19 heavy (non-hydrogen) atoms. The molecule has 0 atom stereocenters. The SMILES string of the molecule is NNc1cc(C(=O)NCc2ccc(Cl)cc2)ccn1. The van der Waals surface area contributed by atoms with E-state index in [1.165, 1.54) is 6.20 Å². The van der Waals surface area contributed by atoms with Gasteiger partial charge in [-0.2, -0.15) is 0 Å². The van der Waals surface area contributed by atoms with Crippen molar-refractivity contribution in [1.29, 1.82) is 0 Å². The van der Waals surface area contributed by atoms with Gasteiger partial charge in [0, 0.05) is 23.3 Å². The van der Waals surface area contributed by atoms with Crippen molar-refractivity contribution < 1.29 is 4.79 Å². The third-order valence-corrected chi connectivity index (χ3v) is 2.79. The van der Waals surface area contributed by atoms with Crippen molar-refractivity contribution in [2.45, 2.75) is 6.54 Å². The Morgan fingerprint density at radius 1 is 1.26 bits per heavy atom. The number of anilines is 1. The fraction of sp³-hybridized carbons (Fsp3) is 0.0769. The quantitative estimate of drug-likeness (QED) is 0.589. The van der Waals surface area contributed by atoms with Crippen LogP contribution in [0.5, 0.6) is 0 Å². The maximum absolute atomic E-state index is 11.9. The Labute approximate surface area is 115 Å². The second kappa shape index (κ2) is 6.17. The molecule has 0 aliphatic heterocycles. The van der Waals surface area contributed by atoms with E-state index in [2.05, 4.69) is 15.7 Å². The van der Waals surface area contributed by atoms with Crippen molar-refractivity contribution in [3.05, 3.63) is 58.7 Å². The van der Waals surface area contributed by atoms with E-state index in [9.17, 15) is 4.79 Å². The molecule has 0 fully saturated rings. The largest absolute Gasteiger partial charge is 0.348 e. The number of hydrogen-bond donors (Lipinski definition) is 3. The zero-order chi connectivity index (χ0) is 13.7. The van der Waals surface area contributed by atoms with E-state index in [0.717, 1.165) is 5.56 Å². The summed E-state index contributed by atoms with van der Waals surface area (Å²) in [6.07, 6.45) is 1.52. The first-order valence-corrected chi connectivity index (χ1v) is 6.02. The van der Waals surface area contributed by atoms with Crippen LogP contribution in [0.1, 0.15) is 15.9 Å². The molecule has 0 aliphatic rings. The molecular weight excluding hydrogens is 264 g/mol. The molecule has 1 aromatic heterocycles. The summed E-state index contributed by atoms with van der Waals surface area (Å²) in [4.78, 5) is 15.9. The number of carbonyl (C=O) groups is 1. The number of hydrogen-bond acceptors (Lipinski definition) is 4. The Kier molecular flexibility index (Phi) is 4.33. The van der Waals surface area contributed by atoms with Crippen LogP contribution in [0, 0.1) is 0 Å². The monoisotopic (exact) mass is 276 g/mol. The van der Waals surface area contributed by atoms with E-state index < -0.39 is 0 Å². The van der Waals surface area contributed by atoms with Crippen LogP contribution in [0.15, 0.2) is 42.6 Å². The molecule has 0 aliphatic carbocycles. The van der Waals surface area contributed by atoms with E-state index in [4.69, 9.17) is 17.4 Å². The highest BCUT2D eigenvalue weighted by Crippen LogP contribution is 2.10. The predicted molar refractivity (Wildman–Crippen MR) is 74.7 cm³/mol. The normalized spacial score (nSPS) is 10.0. The van der Waals surface area contributed by atoms with Crippen LogP contribution in [0.25, 0.3) is 0 Å². The van der Waals surface area contributed by atoms with Crippen molar-refractivity contribution in [1.82, 2.24) is 10.3 Å². The van der Waals surface area contributed by atoms with Crippen LogP contribution in [0.2, 0.25) is 5.02 Å². The standard InChI is InChI=1S/C13H13ClN4O/c14-11-3-1-9(2-4-11)8-17-13(19)10-5-6-16-12(7-10)18-15/h1-7H,8,15H2,(H,16,18)(H,17,19). The predicted octanol–water partition coefficient (Wildman–Crippen LogP) is 1.95. The van der Waals surface area contributed by atoms with Gasteiger partial charge in [0.2, 0.25) is 0 Å². The summed E-state index contributed by atoms with van der Waals surface area (Å²) < 4.78 is 0. The number of amides is 1. The number of nitrogen functional groups attached to an aromatic ring is 1. The number of nitrogens with two attached hydrogens (primary N) is 1. The van der Waals surface area contributed by atoms with Crippen LogP contribution in [-0.2, 0) is 6.54 Å². The average molecular weight is 277 g/mol. The minimum atomic E-state index is -0.186. The summed E-state index contributed by atoms with van der Waals surface area (Å²) in [7, 11) is 0. The number of hydrazine groups is 1. The number of nitrogens with zero attached hydrogens (tertiary/aromatic N) is 1. The Morgan fingerprint density at radius 3 is 2.68 bits per heavy atom. The van der Waals surface area contributed by atoms with E-state index in [0.29, 0.717) is 22.9 Å². The summed E-state index contributed by atoms with van der Waals surface area (Å²) >= 11 is 5.79. The van der Waals surface area contributed by atoms with E-state index in [1.807, 2.05) is 12.1 Å². The highest BCUT2D eigenvalue weighted by atomic mass is 35.5. The second-order valence-corrected chi connectivity index (χ2v) is 4.32. The molecule has 0 bridgehead atoms. The summed E-state index contributed by atoms with van der Waals surface area (Å²) in [6, 6.07) is 10.5. The van der Waals surface area contributed by atoms with Gasteiger partial charge in [-0.3, -0.25) is 4.79 Å². The lowest BCUT2D eigenvalue weighted by Gasteiger charge is -2.06. The van der Waals surface area contributed by atoms with E-state index >= 15 is 0 Å². The Bertz CT molecular complexity index is 571. The second-order valence-electron chi connectivity index (χ2n) is 3.88. The summed E-state index contributed by atoms with van der Waals surface area (Å²) in [5, 5.41) is 3.48. The highest BCUT2D eigenvalue weighted by Gasteiger charge is 2.06.